The molecule has 5 nitrogen and oxygen atoms in total. The number of hydrogen-bond donors (Lipinski definition) is 1. The molecule has 19 heavy (non-hydrogen) atoms. The second kappa shape index (κ2) is 6.78. The molecule has 0 aliphatic rings. The zero-order valence-corrected chi connectivity index (χ0v) is 11.4. The Hall–Kier alpha value is -2.04. The molecule has 0 heterocycles. The summed E-state index contributed by atoms with van der Waals surface area (Å²) in [5.74, 6) is -0.526. The Bertz CT molecular complexity index is 459. The average molecular weight is 265 g/mol. The van der Waals surface area contributed by atoms with Crippen molar-refractivity contribution in [3.63, 3.8) is 0 Å². The molecule has 1 unspecified atom stereocenters. The van der Waals surface area contributed by atoms with E-state index in [1.807, 2.05) is 25.1 Å². The number of hydrogen-bond acceptors (Lipinski definition) is 3. The summed E-state index contributed by atoms with van der Waals surface area (Å²) in [5.41, 5.74) is 1.05. The van der Waals surface area contributed by atoms with Gasteiger partial charge < -0.3 is 14.7 Å². The van der Waals surface area contributed by atoms with E-state index in [1.165, 1.54) is 4.90 Å². The highest BCUT2D eigenvalue weighted by atomic mass is 16.5. The van der Waals surface area contributed by atoms with E-state index in [-0.39, 0.29) is 18.9 Å². The molecule has 5 heteroatoms. The van der Waals surface area contributed by atoms with Gasteiger partial charge in [-0.2, -0.15) is 0 Å². The van der Waals surface area contributed by atoms with Gasteiger partial charge in [0.25, 0.3) is 5.91 Å². The number of carbonyl (C=O) groups is 2. The Kier molecular flexibility index (Phi) is 5.36. The standard InChI is InChI=1S/C14H19NO4/c1-10-5-4-6-12(9-10)19-11(2)14(18)15(3)8-7-13(16)17/h4-6,9,11H,7-8H2,1-3H3,(H,16,17). The second-order valence-electron chi connectivity index (χ2n) is 4.48. The summed E-state index contributed by atoms with van der Waals surface area (Å²) >= 11 is 0. The Morgan fingerprint density at radius 2 is 2.11 bits per heavy atom. The van der Waals surface area contributed by atoms with Crippen molar-refractivity contribution in [1.82, 2.24) is 4.90 Å². The highest BCUT2D eigenvalue weighted by Crippen LogP contribution is 2.14. The molecule has 1 aromatic rings. The van der Waals surface area contributed by atoms with Crippen molar-refractivity contribution in [3.8, 4) is 5.75 Å². The fraction of sp³-hybridized carbons (Fsp3) is 0.429. The molecule has 0 saturated carbocycles. The monoisotopic (exact) mass is 265 g/mol. The molecular formula is C14H19NO4. The van der Waals surface area contributed by atoms with Crippen molar-refractivity contribution in [3.05, 3.63) is 29.8 Å². The summed E-state index contributed by atoms with van der Waals surface area (Å²) < 4.78 is 5.55. The fourth-order valence-corrected chi connectivity index (χ4v) is 1.63. The van der Waals surface area contributed by atoms with Crippen molar-refractivity contribution in [2.45, 2.75) is 26.4 Å². The van der Waals surface area contributed by atoms with Gasteiger partial charge >= 0.3 is 5.97 Å². The molecule has 0 aromatic heterocycles. The molecule has 0 aliphatic heterocycles. The van der Waals surface area contributed by atoms with E-state index in [0.29, 0.717) is 5.75 Å². The SMILES string of the molecule is Cc1cccc(OC(C)C(=O)N(C)CCC(=O)O)c1. The average Bonchev–Trinajstić information content (AvgIpc) is 2.34. The zero-order valence-electron chi connectivity index (χ0n) is 11.4. The van der Waals surface area contributed by atoms with E-state index in [1.54, 1.807) is 20.0 Å². The number of carbonyl (C=O) groups excluding carboxylic acids is 1. The van der Waals surface area contributed by atoms with Crippen LogP contribution in [-0.4, -0.2) is 41.6 Å². The molecule has 0 bridgehead atoms. The van der Waals surface area contributed by atoms with Crippen LogP contribution in [0.15, 0.2) is 24.3 Å². The third-order valence-corrected chi connectivity index (χ3v) is 2.69. The Morgan fingerprint density at radius 1 is 1.42 bits per heavy atom. The van der Waals surface area contributed by atoms with Gasteiger partial charge in [0.1, 0.15) is 5.75 Å². The molecule has 1 rings (SSSR count). The smallest absolute Gasteiger partial charge is 0.305 e. The lowest BCUT2D eigenvalue weighted by Gasteiger charge is -2.21. The molecular weight excluding hydrogens is 246 g/mol. The molecule has 0 radical (unpaired) electrons. The third kappa shape index (κ3) is 4.99. The van der Waals surface area contributed by atoms with Crippen LogP contribution in [0, 0.1) is 6.92 Å². The first-order valence-corrected chi connectivity index (χ1v) is 6.10. The fourth-order valence-electron chi connectivity index (χ4n) is 1.63. The Labute approximate surface area is 112 Å². The van der Waals surface area contributed by atoms with Crippen LogP contribution in [0.1, 0.15) is 18.9 Å². The van der Waals surface area contributed by atoms with Crippen LogP contribution < -0.4 is 4.74 Å². The normalized spacial score (nSPS) is 11.7. The molecule has 0 fully saturated rings. The maximum atomic E-state index is 12.0. The number of aryl methyl sites for hydroxylation is 1. The lowest BCUT2D eigenvalue weighted by atomic mass is 10.2. The van der Waals surface area contributed by atoms with Crippen LogP contribution in [0.4, 0.5) is 0 Å². The molecule has 1 N–H and O–H groups in total. The highest BCUT2D eigenvalue weighted by Gasteiger charge is 2.19. The first-order valence-electron chi connectivity index (χ1n) is 6.10. The summed E-state index contributed by atoms with van der Waals surface area (Å²) in [6.45, 7) is 3.77. The van der Waals surface area contributed by atoms with Crippen molar-refractivity contribution in [1.29, 1.82) is 0 Å². The number of amides is 1. The third-order valence-electron chi connectivity index (χ3n) is 2.69. The van der Waals surface area contributed by atoms with Crippen molar-refractivity contribution < 1.29 is 19.4 Å². The lowest BCUT2D eigenvalue weighted by molar-refractivity contribution is -0.140. The molecule has 0 spiro atoms. The molecule has 1 amide bonds. The van der Waals surface area contributed by atoms with Crippen LogP contribution in [0.2, 0.25) is 0 Å². The summed E-state index contributed by atoms with van der Waals surface area (Å²) in [6.07, 6.45) is -0.708. The molecule has 104 valence electrons. The summed E-state index contributed by atoms with van der Waals surface area (Å²) in [5, 5.41) is 8.58. The van der Waals surface area contributed by atoms with Gasteiger partial charge in [-0.3, -0.25) is 9.59 Å². The van der Waals surface area contributed by atoms with E-state index in [9.17, 15) is 9.59 Å². The van der Waals surface area contributed by atoms with Gasteiger partial charge in [-0.05, 0) is 31.5 Å². The second-order valence-corrected chi connectivity index (χ2v) is 4.48. The Balaban J connectivity index is 2.54. The van der Waals surface area contributed by atoms with Crippen LogP contribution in [0.5, 0.6) is 5.75 Å². The van der Waals surface area contributed by atoms with Crippen LogP contribution >= 0.6 is 0 Å². The topological polar surface area (TPSA) is 66.8 Å². The summed E-state index contributed by atoms with van der Waals surface area (Å²) in [6, 6.07) is 7.43. The van der Waals surface area contributed by atoms with Gasteiger partial charge in [0.15, 0.2) is 6.10 Å². The van der Waals surface area contributed by atoms with Gasteiger partial charge in [0.2, 0.25) is 0 Å². The number of rotatable bonds is 6. The molecule has 0 aliphatic carbocycles. The number of carboxylic acids is 1. The minimum atomic E-state index is -0.924. The number of nitrogens with zero attached hydrogens (tertiary/aromatic N) is 1. The quantitative estimate of drug-likeness (QED) is 0.850. The van der Waals surface area contributed by atoms with Gasteiger partial charge in [-0.15, -0.1) is 0 Å². The van der Waals surface area contributed by atoms with Crippen molar-refractivity contribution in [2.75, 3.05) is 13.6 Å². The lowest BCUT2D eigenvalue weighted by Crippen LogP contribution is -2.39. The van der Waals surface area contributed by atoms with Crippen LogP contribution in [0.25, 0.3) is 0 Å². The number of aliphatic carboxylic acids is 1. The van der Waals surface area contributed by atoms with Gasteiger partial charge in [-0.1, -0.05) is 12.1 Å². The number of likely N-dealkylation sites (N-methyl/N-ethyl adjacent to an activating group) is 1. The van der Waals surface area contributed by atoms with E-state index in [0.717, 1.165) is 5.56 Å². The molecule has 1 atom stereocenters. The van der Waals surface area contributed by atoms with Gasteiger partial charge in [0, 0.05) is 13.6 Å². The van der Waals surface area contributed by atoms with E-state index in [4.69, 9.17) is 9.84 Å². The minimum absolute atomic E-state index is 0.0700. The van der Waals surface area contributed by atoms with Crippen molar-refractivity contribution in [2.24, 2.45) is 0 Å². The van der Waals surface area contributed by atoms with E-state index in [2.05, 4.69) is 0 Å². The van der Waals surface area contributed by atoms with Crippen molar-refractivity contribution >= 4 is 11.9 Å². The first-order chi connectivity index (χ1) is 8.90. The summed E-state index contributed by atoms with van der Waals surface area (Å²) in [4.78, 5) is 23.8. The van der Waals surface area contributed by atoms with Gasteiger partial charge in [0.05, 0.1) is 6.42 Å². The number of ether oxygens (including phenoxy) is 1. The largest absolute Gasteiger partial charge is 0.481 e. The zero-order chi connectivity index (χ0) is 14.4. The maximum Gasteiger partial charge on any atom is 0.305 e. The maximum absolute atomic E-state index is 12.0. The van der Waals surface area contributed by atoms with Gasteiger partial charge in [-0.25, -0.2) is 0 Å². The van der Waals surface area contributed by atoms with E-state index >= 15 is 0 Å². The van der Waals surface area contributed by atoms with E-state index < -0.39 is 12.1 Å². The first kappa shape index (κ1) is 15.0. The summed E-state index contributed by atoms with van der Waals surface area (Å²) in [7, 11) is 1.57. The van der Waals surface area contributed by atoms with Crippen LogP contribution in [0.3, 0.4) is 0 Å². The van der Waals surface area contributed by atoms with Crippen LogP contribution in [-0.2, 0) is 9.59 Å². The molecule has 1 aromatic carbocycles. The predicted octanol–water partition coefficient (Wildman–Crippen LogP) is 1.70. The predicted molar refractivity (Wildman–Crippen MR) is 71.2 cm³/mol. The number of carboxylic acid groups (broad SMARTS) is 1. The molecule has 0 saturated heterocycles. The number of benzene rings is 1. The Morgan fingerprint density at radius 3 is 2.68 bits per heavy atom. The highest BCUT2D eigenvalue weighted by molar-refractivity contribution is 5.81. The minimum Gasteiger partial charge on any atom is -0.481 e.